The van der Waals surface area contributed by atoms with E-state index < -0.39 is 0 Å². The van der Waals surface area contributed by atoms with Crippen LogP contribution in [0.5, 0.6) is 0 Å². The quantitative estimate of drug-likeness (QED) is 0.492. The molecule has 0 spiro atoms. The summed E-state index contributed by atoms with van der Waals surface area (Å²) in [5, 5.41) is 12.7. The van der Waals surface area contributed by atoms with Crippen LogP contribution >= 0.6 is 0 Å². The monoisotopic (exact) mass is 374 g/mol. The normalized spacial score (nSPS) is 43.0. The van der Waals surface area contributed by atoms with E-state index in [2.05, 4.69) is 61.3 Å². The summed E-state index contributed by atoms with van der Waals surface area (Å²) in [5.41, 5.74) is 5.35. The highest BCUT2D eigenvalue weighted by atomic mass is 16.4. The second-order valence-corrected chi connectivity index (χ2v) is 9.81. The number of hydrogen-bond donors (Lipinski definition) is 1. The molecule has 1 N–H and O–H groups in total. The smallest absolute Gasteiger partial charge is 0.102 e. The van der Waals surface area contributed by atoms with Gasteiger partial charge in [-0.3, -0.25) is 4.98 Å². The zero-order valence-corrected chi connectivity index (χ0v) is 17.1. The van der Waals surface area contributed by atoms with E-state index >= 15 is 0 Å². The van der Waals surface area contributed by atoms with Crippen molar-refractivity contribution in [1.29, 1.82) is 0 Å². The van der Waals surface area contributed by atoms with Gasteiger partial charge >= 0.3 is 0 Å². The molecule has 4 aliphatic rings. The van der Waals surface area contributed by atoms with Crippen LogP contribution in [0.1, 0.15) is 52.0 Å². The molecule has 0 radical (unpaired) electrons. The molecule has 3 heteroatoms. The van der Waals surface area contributed by atoms with E-state index in [1.165, 1.54) is 42.4 Å². The number of aromatic nitrogens is 1. The highest BCUT2D eigenvalue weighted by Crippen LogP contribution is 2.66. The molecule has 1 heterocycles. The maximum atomic E-state index is 9.26. The summed E-state index contributed by atoms with van der Waals surface area (Å²) in [6.45, 7) is 7.29. The topological polar surface area (TPSA) is 45.5 Å². The van der Waals surface area contributed by atoms with Gasteiger partial charge in [-0.1, -0.05) is 49.7 Å². The molecule has 4 aliphatic carbocycles. The van der Waals surface area contributed by atoms with Gasteiger partial charge in [0.15, 0.2) is 0 Å². The molecule has 3 nitrogen and oxygen atoms in total. The molecule has 0 aromatic carbocycles. The van der Waals surface area contributed by atoms with E-state index in [1.54, 1.807) is 0 Å². The number of nitrogens with zero attached hydrogens (tertiary/aromatic N) is 2. The Morgan fingerprint density at radius 1 is 1.25 bits per heavy atom. The number of hydrogen-bond acceptors (Lipinski definition) is 3. The Kier molecular flexibility index (Phi) is 3.94. The van der Waals surface area contributed by atoms with E-state index in [0.717, 1.165) is 5.92 Å². The first-order valence-electron chi connectivity index (χ1n) is 10.7. The molecular weight excluding hydrogens is 344 g/mol. The predicted molar refractivity (Wildman–Crippen MR) is 113 cm³/mol. The Bertz CT molecular complexity index is 912. The summed E-state index contributed by atoms with van der Waals surface area (Å²) in [4.78, 5) is 4.38. The van der Waals surface area contributed by atoms with E-state index in [9.17, 15) is 5.21 Å². The lowest BCUT2D eigenvalue weighted by Crippen LogP contribution is -2.50. The van der Waals surface area contributed by atoms with Crippen molar-refractivity contribution in [2.45, 2.75) is 46.5 Å². The third-order valence-electron chi connectivity index (χ3n) is 8.56. The van der Waals surface area contributed by atoms with Crippen LogP contribution < -0.4 is 0 Å². The maximum absolute atomic E-state index is 9.26. The molecular formula is C25H30N2O. The predicted octanol–water partition coefficient (Wildman–Crippen LogP) is 5.89. The van der Waals surface area contributed by atoms with Crippen molar-refractivity contribution in [3.05, 3.63) is 60.0 Å². The van der Waals surface area contributed by atoms with Gasteiger partial charge in [-0.25, -0.2) is 0 Å². The molecule has 0 saturated heterocycles. The van der Waals surface area contributed by atoms with Crippen LogP contribution in [0.3, 0.4) is 0 Å². The summed E-state index contributed by atoms with van der Waals surface area (Å²) in [6, 6.07) is 4.29. The zero-order valence-electron chi connectivity index (χ0n) is 17.1. The maximum Gasteiger partial charge on any atom is 0.102 e. The minimum Gasteiger partial charge on any atom is -0.410 e. The number of rotatable bonds is 1. The van der Waals surface area contributed by atoms with Crippen molar-refractivity contribution in [2.24, 2.45) is 39.7 Å². The van der Waals surface area contributed by atoms with Crippen molar-refractivity contribution < 1.29 is 5.21 Å². The van der Waals surface area contributed by atoms with Gasteiger partial charge in [0, 0.05) is 17.8 Å². The Morgan fingerprint density at radius 3 is 2.86 bits per heavy atom. The van der Waals surface area contributed by atoms with E-state index in [0.29, 0.717) is 23.5 Å². The van der Waals surface area contributed by atoms with Gasteiger partial charge in [0.2, 0.25) is 0 Å². The molecule has 0 aliphatic heterocycles. The summed E-state index contributed by atoms with van der Waals surface area (Å²) in [5.74, 6) is 2.64. The molecule has 2 fully saturated rings. The lowest BCUT2D eigenvalue weighted by molar-refractivity contribution is -0.0105. The molecule has 6 atom stereocenters. The standard InChI is InChI=1S/C25H30N2O/c1-16-13-19-21-7-6-20(17-5-4-12-26-15-17)24(21,2)11-9-22(19)25(3)10-8-18(27-28)14-23(16)25/h4-6,8,10,12,14-16,19,21-22,28H,7,9,11,13H2,1-3H3/b27-18+/t16?,19-,21-,22-,24+,25+/m0/s1. The van der Waals surface area contributed by atoms with Crippen LogP contribution in [0.4, 0.5) is 0 Å². The van der Waals surface area contributed by atoms with Crippen molar-refractivity contribution in [2.75, 3.05) is 0 Å². The first-order valence-corrected chi connectivity index (χ1v) is 10.7. The number of allylic oxidation sites excluding steroid dienone is 6. The van der Waals surface area contributed by atoms with Crippen molar-refractivity contribution >= 4 is 11.3 Å². The number of oxime groups is 1. The third-order valence-corrected chi connectivity index (χ3v) is 8.56. The molecule has 1 aromatic heterocycles. The Morgan fingerprint density at radius 2 is 2.11 bits per heavy atom. The van der Waals surface area contributed by atoms with Gasteiger partial charge in [0.25, 0.3) is 0 Å². The van der Waals surface area contributed by atoms with Crippen LogP contribution in [0.2, 0.25) is 0 Å². The van der Waals surface area contributed by atoms with E-state index in [-0.39, 0.29) is 10.8 Å². The fourth-order valence-electron chi connectivity index (χ4n) is 7.22. The van der Waals surface area contributed by atoms with Gasteiger partial charge in [0.05, 0.1) is 0 Å². The molecule has 1 aromatic rings. The Labute approximate surface area is 168 Å². The van der Waals surface area contributed by atoms with Gasteiger partial charge in [0.1, 0.15) is 5.71 Å². The SMILES string of the molecule is CC1C[C@@H]2[C@H](CC[C@]3(C)C(c4cccnc4)=CC[C@@H]23)[C@@]2(C)C=C/C(=N\O)C=C12. The summed E-state index contributed by atoms with van der Waals surface area (Å²) >= 11 is 0. The largest absolute Gasteiger partial charge is 0.410 e. The van der Waals surface area contributed by atoms with E-state index in [1.807, 2.05) is 18.5 Å². The van der Waals surface area contributed by atoms with Crippen molar-refractivity contribution in [1.82, 2.24) is 4.98 Å². The molecule has 28 heavy (non-hydrogen) atoms. The van der Waals surface area contributed by atoms with Crippen LogP contribution in [0.15, 0.2) is 59.6 Å². The van der Waals surface area contributed by atoms with Crippen LogP contribution in [0.25, 0.3) is 5.57 Å². The fourth-order valence-corrected chi connectivity index (χ4v) is 7.22. The summed E-state index contributed by atoms with van der Waals surface area (Å²) in [7, 11) is 0. The molecule has 5 rings (SSSR count). The lowest BCUT2D eigenvalue weighted by Gasteiger charge is -2.58. The average molecular weight is 375 g/mol. The highest BCUT2D eigenvalue weighted by Gasteiger charge is 2.57. The molecule has 0 bridgehead atoms. The zero-order chi connectivity index (χ0) is 19.5. The Balaban J connectivity index is 1.51. The second-order valence-electron chi connectivity index (χ2n) is 9.81. The minimum absolute atomic E-state index is 0.0922. The first kappa shape index (κ1) is 17.9. The van der Waals surface area contributed by atoms with Crippen molar-refractivity contribution in [3.8, 4) is 0 Å². The van der Waals surface area contributed by atoms with Gasteiger partial charge in [-0.2, -0.15) is 0 Å². The second kappa shape index (κ2) is 6.17. The summed E-state index contributed by atoms with van der Waals surface area (Å²) in [6.07, 6.45) is 17.8. The number of pyridine rings is 1. The summed E-state index contributed by atoms with van der Waals surface area (Å²) < 4.78 is 0. The van der Waals surface area contributed by atoms with Crippen LogP contribution in [-0.4, -0.2) is 15.9 Å². The molecule has 0 amide bonds. The fraction of sp³-hybridized carbons (Fsp3) is 0.520. The molecule has 146 valence electrons. The lowest BCUT2D eigenvalue weighted by atomic mass is 9.46. The Hall–Kier alpha value is -2.16. The van der Waals surface area contributed by atoms with Gasteiger partial charge in [-0.15, -0.1) is 0 Å². The molecule has 1 unspecified atom stereocenters. The van der Waals surface area contributed by atoms with Crippen LogP contribution in [-0.2, 0) is 0 Å². The van der Waals surface area contributed by atoms with Crippen molar-refractivity contribution in [3.63, 3.8) is 0 Å². The van der Waals surface area contributed by atoms with Crippen LogP contribution in [0, 0.1) is 34.5 Å². The highest BCUT2D eigenvalue weighted by molar-refractivity contribution is 6.05. The minimum atomic E-state index is 0.0922. The van der Waals surface area contributed by atoms with Gasteiger partial charge in [-0.05, 0) is 84.1 Å². The van der Waals surface area contributed by atoms with E-state index in [4.69, 9.17) is 0 Å². The third kappa shape index (κ3) is 2.34. The average Bonchev–Trinajstić information content (AvgIpc) is 3.06. The first-order chi connectivity index (χ1) is 13.5. The van der Waals surface area contributed by atoms with Gasteiger partial charge < -0.3 is 5.21 Å². The number of fused-ring (bicyclic) bond motifs is 5. The molecule has 2 saturated carbocycles.